The van der Waals surface area contributed by atoms with Crippen LogP contribution in [0.3, 0.4) is 0 Å². The van der Waals surface area contributed by atoms with Gasteiger partial charge >= 0.3 is 0 Å². The van der Waals surface area contributed by atoms with Crippen LogP contribution < -0.4 is 20.1 Å². The van der Waals surface area contributed by atoms with Crippen molar-refractivity contribution in [3.05, 3.63) is 89.5 Å². The molecule has 1 aliphatic heterocycles. The molecule has 0 spiro atoms. The molecule has 0 saturated carbocycles. The number of methoxy groups -OCH3 is 1. The Morgan fingerprint density at radius 2 is 1.71 bits per heavy atom. The van der Waals surface area contributed by atoms with Crippen LogP contribution in [-0.2, 0) is 6.61 Å². The third kappa shape index (κ3) is 5.49. The molecule has 2 N–H and O–H groups in total. The fourth-order valence-electron chi connectivity index (χ4n) is 4.11. The summed E-state index contributed by atoms with van der Waals surface area (Å²) in [5.41, 5.74) is 8.36. The van der Waals surface area contributed by atoms with Crippen LogP contribution in [0.25, 0.3) is 0 Å². The summed E-state index contributed by atoms with van der Waals surface area (Å²) in [5.74, 6) is 0.732. The molecule has 34 heavy (non-hydrogen) atoms. The summed E-state index contributed by atoms with van der Waals surface area (Å²) in [6.07, 6.45) is 0.893. The molecule has 3 aromatic rings. The van der Waals surface area contributed by atoms with E-state index in [4.69, 9.17) is 15.2 Å². The summed E-state index contributed by atoms with van der Waals surface area (Å²) in [5, 5.41) is 0. The minimum absolute atomic E-state index is 0.0102. The number of primary amides is 1. The number of nitrogens with two attached hydrogens (primary N) is 1. The Labute approximate surface area is 199 Å². The van der Waals surface area contributed by atoms with Crippen LogP contribution in [0.1, 0.15) is 32.7 Å². The molecule has 7 heteroatoms. The number of rotatable bonds is 7. The number of nitrogens with zero attached hydrogens (tertiary/aromatic N) is 2. The van der Waals surface area contributed by atoms with E-state index in [-0.39, 0.29) is 12.5 Å². The molecule has 0 atom stereocenters. The maximum atomic E-state index is 13.2. The molecule has 4 rings (SSSR count). The molecular weight excluding hydrogens is 430 g/mol. The molecule has 0 aromatic heterocycles. The zero-order valence-corrected chi connectivity index (χ0v) is 19.3. The van der Waals surface area contributed by atoms with E-state index in [2.05, 4.69) is 17.0 Å². The van der Waals surface area contributed by atoms with Crippen molar-refractivity contribution in [3.8, 4) is 11.5 Å². The van der Waals surface area contributed by atoms with Gasteiger partial charge in [0.05, 0.1) is 12.7 Å². The van der Waals surface area contributed by atoms with Crippen LogP contribution in [0.4, 0.5) is 5.69 Å². The minimum Gasteiger partial charge on any atom is -0.497 e. The highest BCUT2D eigenvalue weighted by molar-refractivity contribution is 5.95. The first-order chi connectivity index (χ1) is 16.5. The molecule has 1 heterocycles. The molecule has 0 bridgehead atoms. The Morgan fingerprint density at radius 3 is 2.47 bits per heavy atom. The van der Waals surface area contributed by atoms with Crippen molar-refractivity contribution < 1.29 is 19.1 Å². The van der Waals surface area contributed by atoms with Crippen LogP contribution in [-0.4, -0.2) is 50.0 Å². The molecular formula is C27H29N3O4. The SMILES string of the molecule is COc1ccc(N2CCCN(C(=O)c3cccc(COc4ccccc4C(N)=O)c3)CC2)cc1. The molecule has 176 valence electrons. The molecule has 3 aromatic carbocycles. The van der Waals surface area contributed by atoms with E-state index in [1.54, 1.807) is 31.4 Å². The number of amides is 2. The summed E-state index contributed by atoms with van der Waals surface area (Å²) in [6.45, 7) is 3.25. The predicted octanol–water partition coefficient (Wildman–Crippen LogP) is 3.73. The third-order valence-electron chi connectivity index (χ3n) is 5.94. The van der Waals surface area contributed by atoms with E-state index in [1.165, 1.54) is 0 Å². The van der Waals surface area contributed by atoms with Gasteiger partial charge in [0.1, 0.15) is 18.1 Å². The second-order valence-electron chi connectivity index (χ2n) is 8.18. The van der Waals surface area contributed by atoms with Gasteiger partial charge in [-0.3, -0.25) is 9.59 Å². The zero-order chi connectivity index (χ0) is 23.9. The van der Waals surface area contributed by atoms with Crippen LogP contribution in [0, 0.1) is 0 Å². The van der Waals surface area contributed by atoms with Crippen molar-refractivity contribution in [1.82, 2.24) is 4.90 Å². The van der Waals surface area contributed by atoms with Gasteiger partial charge in [0.2, 0.25) is 0 Å². The van der Waals surface area contributed by atoms with Gasteiger partial charge in [-0.05, 0) is 60.5 Å². The Hall–Kier alpha value is -4.00. The maximum absolute atomic E-state index is 13.2. The lowest BCUT2D eigenvalue weighted by Crippen LogP contribution is -2.35. The Balaban J connectivity index is 1.39. The van der Waals surface area contributed by atoms with Gasteiger partial charge in [-0.2, -0.15) is 0 Å². The second-order valence-corrected chi connectivity index (χ2v) is 8.18. The van der Waals surface area contributed by atoms with Crippen molar-refractivity contribution in [2.75, 3.05) is 38.2 Å². The van der Waals surface area contributed by atoms with E-state index in [1.807, 2.05) is 41.3 Å². The number of ether oxygens (including phenoxy) is 2. The van der Waals surface area contributed by atoms with Gasteiger partial charge in [0, 0.05) is 37.4 Å². The van der Waals surface area contributed by atoms with E-state index in [0.29, 0.717) is 30.0 Å². The standard InChI is InChI=1S/C27H29N3O4/c1-33-23-12-10-22(11-13-23)29-14-5-15-30(17-16-29)27(32)21-7-4-6-20(18-21)19-34-25-9-3-2-8-24(25)26(28)31/h2-4,6-13,18H,5,14-17,19H2,1H3,(H2,28,31). The average Bonchev–Trinajstić information content (AvgIpc) is 3.14. The molecule has 0 aliphatic carbocycles. The Kier molecular flexibility index (Phi) is 7.32. The zero-order valence-electron chi connectivity index (χ0n) is 19.3. The van der Waals surface area contributed by atoms with E-state index in [9.17, 15) is 9.59 Å². The van der Waals surface area contributed by atoms with Gasteiger partial charge in [-0.25, -0.2) is 0 Å². The van der Waals surface area contributed by atoms with Gasteiger partial charge in [0.25, 0.3) is 11.8 Å². The van der Waals surface area contributed by atoms with Crippen LogP contribution >= 0.6 is 0 Å². The summed E-state index contributed by atoms with van der Waals surface area (Å²) < 4.78 is 11.1. The Bertz CT molecular complexity index is 1150. The number of hydrogen-bond acceptors (Lipinski definition) is 5. The number of carbonyl (C=O) groups excluding carboxylic acids is 2. The highest BCUT2D eigenvalue weighted by atomic mass is 16.5. The normalized spacial score (nSPS) is 13.8. The van der Waals surface area contributed by atoms with Gasteiger partial charge in [-0.15, -0.1) is 0 Å². The van der Waals surface area contributed by atoms with Crippen LogP contribution in [0.15, 0.2) is 72.8 Å². The van der Waals surface area contributed by atoms with Crippen molar-refractivity contribution in [2.45, 2.75) is 13.0 Å². The highest BCUT2D eigenvalue weighted by Crippen LogP contribution is 2.22. The quantitative estimate of drug-likeness (QED) is 0.582. The number of carbonyl (C=O) groups is 2. The van der Waals surface area contributed by atoms with Crippen LogP contribution in [0.5, 0.6) is 11.5 Å². The highest BCUT2D eigenvalue weighted by Gasteiger charge is 2.21. The molecule has 2 amide bonds. The summed E-state index contributed by atoms with van der Waals surface area (Å²) in [7, 11) is 1.66. The van der Waals surface area contributed by atoms with Gasteiger partial charge < -0.3 is 25.0 Å². The molecule has 1 saturated heterocycles. The van der Waals surface area contributed by atoms with Gasteiger partial charge in [-0.1, -0.05) is 24.3 Å². The van der Waals surface area contributed by atoms with Crippen molar-refractivity contribution in [2.24, 2.45) is 5.73 Å². The van der Waals surface area contributed by atoms with Crippen molar-refractivity contribution in [3.63, 3.8) is 0 Å². The van der Waals surface area contributed by atoms with Gasteiger partial charge in [0.15, 0.2) is 0 Å². The van der Waals surface area contributed by atoms with E-state index >= 15 is 0 Å². The predicted molar refractivity (Wildman–Crippen MR) is 131 cm³/mol. The number of benzene rings is 3. The molecule has 7 nitrogen and oxygen atoms in total. The number of para-hydroxylation sites is 1. The second kappa shape index (κ2) is 10.7. The average molecular weight is 460 g/mol. The first-order valence-corrected chi connectivity index (χ1v) is 11.3. The number of anilines is 1. The smallest absolute Gasteiger partial charge is 0.253 e. The largest absolute Gasteiger partial charge is 0.497 e. The third-order valence-corrected chi connectivity index (χ3v) is 5.94. The molecule has 0 radical (unpaired) electrons. The first-order valence-electron chi connectivity index (χ1n) is 11.3. The molecule has 1 aliphatic rings. The topological polar surface area (TPSA) is 85.1 Å². The maximum Gasteiger partial charge on any atom is 0.253 e. The van der Waals surface area contributed by atoms with E-state index < -0.39 is 5.91 Å². The first kappa shape index (κ1) is 23.2. The number of hydrogen-bond donors (Lipinski definition) is 1. The fourth-order valence-corrected chi connectivity index (χ4v) is 4.11. The van der Waals surface area contributed by atoms with Crippen LogP contribution in [0.2, 0.25) is 0 Å². The molecule has 0 unspecified atom stereocenters. The molecule has 1 fully saturated rings. The minimum atomic E-state index is -0.538. The summed E-state index contributed by atoms with van der Waals surface area (Å²) in [4.78, 5) is 29.1. The van der Waals surface area contributed by atoms with Crippen molar-refractivity contribution >= 4 is 17.5 Å². The fraction of sp³-hybridized carbons (Fsp3) is 0.259. The summed E-state index contributed by atoms with van der Waals surface area (Å²) in [6, 6.07) is 22.3. The Morgan fingerprint density at radius 1 is 0.912 bits per heavy atom. The van der Waals surface area contributed by atoms with E-state index in [0.717, 1.165) is 36.5 Å². The monoisotopic (exact) mass is 459 g/mol. The lowest BCUT2D eigenvalue weighted by Gasteiger charge is -2.24. The van der Waals surface area contributed by atoms with Crippen molar-refractivity contribution in [1.29, 1.82) is 0 Å². The summed E-state index contributed by atoms with van der Waals surface area (Å²) >= 11 is 0. The lowest BCUT2D eigenvalue weighted by molar-refractivity contribution is 0.0766. The lowest BCUT2D eigenvalue weighted by atomic mass is 10.1.